The second kappa shape index (κ2) is 6.12. The minimum atomic E-state index is -1.66. The molecule has 0 radical (unpaired) electrons. The fraction of sp³-hybridized carbons (Fsp3) is 0.500. The molecule has 3 N–H and O–H groups in total. The molecule has 1 aromatic rings. The SMILES string of the molecule is CC(=O)Oc1ccc2c(c1)[C@@]1(O)C[C@@H](C(=O)O)N(C(=O)OC(C)(C)C)[C@H]1N2. The summed E-state index contributed by atoms with van der Waals surface area (Å²) in [4.78, 5) is 36.6. The summed E-state index contributed by atoms with van der Waals surface area (Å²) in [6.07, 6.45) is -2.08. The Kier molecular flexibility index (Phi) is 4.30. The van der Waals surface area contributed by atoms with Crippen LogP contribution in [0.2, 0.25) is 0 Å². The van der Waals surface area contributed by atoms with Crippen molar-refractivity contribution in [2.24, 2.45) is 0 Å². The van der Waals surface area contributed by atoms with Crippen LogP contribution in [0, 0.1) is 0 Å². The van der Waals surface area contributed by atoms with Crippen molar-refractivity contribution in [3.8, 4) is 5.75 Å². The largest absolute Gasteiger partial charge is 0.480 e. The standard InChI is InChI=1S/C18H22N2O7/c1-9(21)26-10-5-6-12-11(7-10)18(25)8-13(14(22)23)20(15(18)19-12)16(24)27-17(2,3)4/h5-7,13,15,19,25H,8H2,1-4H3,(H,22,23)/t13-,15+,18-/m0/s1. The van der Waals surface area contributed by atoms with E-state index < -0.39 is 41.4 Å². The van der Waals surface area contributed by atoms with E-state index in [1.165, 1.54) is 13.0 Å². The summed E-state index contributed by atoms with van der Waals surface area (Å²) < 4.78 is 10.4. The minimum absolute atomic E-state index is 0.222. The third-order valence-electron chi connectivity index (χ3n) is 4.47. The molecule has 1 aromatic carbocycles. The zero-order chi connectivity index (χ0) is 20.1. The number of aliphatic hydroxyl groups is 1. The molecule has 146 valence electrons. The first kappa shape index (κ1) is 19.0. The summed E-state index contributed by atoms with van der Waals surface area (Å²) in [5.41, 5.74) is -1.60. The van der Waals surface area contributed by atoms with E-state index in [4.69, 9.17) is 9.47 Å². The summed E-state index contributed by atoms with van der Waals surface area (Å²) in [7, 11) is 0. The Morgan fingerprint density at radius 2 is 1.96 bits per heavy atom. The van der Waals surface area contributed by atoms with Gasteiger partial charge in [0.1, 0.15) is 29.2 Å². The number of carbonyl (C=O) groups is 3. The fourth-order valence-corrected chi connectivity index (χ4v) is 3.50. The number of amides is 1. The Morgan fingerprint density at radius 1 is 1.30 bits per heavy atom. The average molecular weight is 378 g/mol. The van der Waals surface area contributed by atoms with Gasteiger partial charge in [0.15, 0.2) is 0 Å². The predicted molar refractivity (Wildman–Crippen MR) is 93.2 cm³/mol. The van der Waals surface area contributed by atoms with E-state index in [1.807, 2.05) is 0 Å². The fourth-order valence-electron chi connectivity index (χ4n) is 3.50. The lowest BCUT2D eigenvalue weighted by Gasteiger charge is -2.31. The Morgan fingerprint density at radius 3 is 2.52 bits per heavy atom. The first-order chi connectivity index (χ1) is 12.4. The van der Waals surface area contributed by atoms with E-state index in [2.05, 4.69) is 5.32 Å². The maximum absolute atomic E-state index is 12.6. The molecule has 0 unspecified atom stereocenters. The minimum Gasteiger partial charge on any atom is -0.480 e. The van der Waals surface area contributed by atoms with Crippen LogP contribution in [0.4, 0.5) is 10.5 Å². The third-order valence-corrected chi connectivity index (χ3v) is 4.47. The summed E-state index contributed by atoms with van der Waals surface area (Å²) in [5.74, 6) is -1.54. The number of benzene rings is 1. The number of carbonyl (C=O) groups excluding carboxylic acids is 2. The zero-order valence-corrected chi connectivity index (χ0v) is 15.5. The zero-order valence-electron chi connectivity index (χ0n) is 15.5. The number of nitrogens with one attached hydrogen (secondary N) is 1. The van der Waals surface area contributed by atoms with Crippen LogP contribution in [0.15, 0.2) is 18.2 Å². The van der Waals surface area contributed by atoms with E-state index in [-0.39, 0.29) is 12.2 Å². The highest BCUT2D eigenvalue weighted by molar-refractivity contribution is 5.84. The molecule has 2 aliphatic heterocycles. The number of carboxylic acid groups (broad SMARTS) is 1. The number of ether oxygens (including phenoxy) is 2. The van der Waals surface area contributed by atoms with Gasteiger partial charge in [-0.1, -0.05) is 0 Å². The summed E-state index contributed by atoms with van der Waals surface area (Å²) in [5, 5.41) is 23.8. The van der Waals surface area contributed by atoms with Crippen molar-refractivity contribution in [3.05, 3.63) is 23.8 Å². The van der Waals surface area contributed by atoms with Crippen molar-refractivity contribution in [1.29, 1.82) is 0 Å². The molecule has 1 fully saturated rings. The van der Waals surface area contributed by atoms with E-state index in [1.54, 1.807) is 32.9 Å². The molecule has 27 heavy (non-hydrogen) atoms. The third kappa shape index (κ3) is 3.30. The molecule has 9 nitrogen and oxygen atoms in total. The number of hydrogen-bond donors (Lipinski definition) is 3. The molecule has 0 bridgehead atoms. The number of fused-ring (bicyclic) bond motifs is 3. The maximum Gasteiger partial charge on any atom is 0.412 e. The van der Waals surface area contributed by atoms with Crippen molar-refractivity contribution >= 4 is 23.7 Å². The molecule has 3 atom stereocenters. The number of nitrogens with zero attached hydrogens (tertiary/aromatic N) is 1. The van der Waals surface area contributed by atoms with Crippen LogP contribution in [-0.4, -0.2) is 51.0 Å². The van der Waals surface area contributed by atoms with Crippen LogP contribution in [0.1, 0.15) is 39.7 Å². The van der Waals surface area contributed by atoms with E-state index >= 15 is 0 Å². The Balaban J connectivity index is 1.99. The van der Waals surface area contributed by atoms with Gasteiger partial charge >= 0.3 is 18.0 Å². The summed E-state index contributed by atoms with van der Waals surface area (Å²) in [6, 6.07) is 3.35. The number of esters is 1. The van der Waals surface area contributed by atoms with Crippen molar-refractivity contribution < 1.29 is 34.1 Å². The molecule has 2 heterocycles. The summed E-state index contributed by atoms with van der Waals surface area (Å²) in [6.45, 7) is 6.27. The highest BCUT2D eigenvalue weighted by atomic mass is 16.6. The van der Waals surface area contributed by atoms with Crippen LogP contribution < -0.4 is 10.1 Å². The smallest absolute Gasteiger partial charge is 0.412 e. The monoisotopic (exact) mass is 378 g/mol. The molecule has 9 heteroatoms. The number of aliphatic carboxylic acids is 1. The van der Waals surface area contributed by atoms with E-state index in [9.17, 15) is 24.6 Å². The van der Waals surface area contributed by atoms with Crippen molar-refractivity contribution in [2.45, 2.75) is 57.5 Å². The molecule has 3 rings (SSSR count). The average Bonchev–Trinajstić information content (AvgIpc) is 2.94. The van der Waals surface area contributed by atoms with Crippen LogP contribution in [-0.2, 0) is 19.9 Å². The van der Waals surface area contributed by atoms with Crippen LogP contribution in [0.25, 0.3) is 0 Å². The van der Waals surface area contributed by atoms with Crippen LogP contribution >= 0.6 is 0 Å². The van der Waals surface area contributed by atoms with Gasteiger partial charge in [0, 0.05) is 24.6 Å². The lowest BCUT2D eigenvalue weighted by atomic mass is 9.91. The molecule has 1 amide bonds. The number of hydrogen-bond acceptors (Lipinski definition) is 7. The molecule has 0 aliphatic carbocycles. The number of anilines is 1. The summed E-state index contributed by atoms with van der Waals surface area (Å²) >= 11 is 0. The Bertz CT molecular complexity index is 816. The first-order valence-electron chi connectivity index (χ1n) is 8.48. The van der Waals surface area contributed by atoms with Crippen LogP contribution in [0.3, 0.4) is 0 Å². The topological polar surface area (TPSA) is 125 Å². The van der Waals surface area contributed by atoms with Crippen molar-refractivity contribution in [1.82, 2.24) is 4.90 Å². The van der Waals surface area contributed by atoms with Gasteiger partial charge < -0.3 is 25.0 Å². The lowest BCUT2D eigenvalue weighted by molar-refractivity contribution is -0.142. The van der Waals surface area contributed by atoms with Gasteiger partial charge in [0.05, 0.1) is 0 Å². The number of rotatable bonds is 2. The van der Waals surface area contributed by atoms with Gasteiger partial charge in [-0.05, 0) is 39.0 Å². The molecular formula is C18H22N2O7. The maximum atomic E-state index is 12.6. The van der Waals surface area contributed by atoms with Crippen LogP contribution in [0.5, 0.6) is 5.75 Å². The predicted octanol–water partition coefficient (Wildman–Crippen LogP) is 1.65. The molecule has 0 saturated carbocycles. The highest BCUT2D eigenvalue weighted by Crippen LogP contribution is 2.50. The second-order valence-corrected chi connectivity index (χ2v) is 7.72. The number of carboxylic acids is 1. The van der Waals surface area contributed by atoms with Crippen molar-refractivity contribution in [3.63, 3.8) is 0 Å². The molecular weight excluding hydrogens is 356 g/mol. The van der Waals surface area contributed by atoms with Gasteiger partial charge in [-0.15, -0.1) is 0 Å². The molecule has 0 aromatic heterocycles. The van der Waals surface area contributed by atoms with Gasteiger partial charge in [0.2, 0.25) is 0 Å². The van der Waals surface area contributed by atoms with E-state index in [0.29, 0.717) is 11.3 Å². The molecule has 0 spiro atoms. The first-order valence-corrected chi connectivity index (χ1v) is 8.48. The lowest BCUT2D eigenvalue weighted by Crippen LogP contribution is -2.51. The highest BCUT2D eigenvalue weighted by Gasteiger charge is 2.61. The molecule has 1 saturated heterocycles. The van der Waals surface area contributed by atoms with Gasteiger partial charge in [-0.2, -0.15) is 0 Å². The van der Waals surface area contributed by atoms with Crippen molar-refractivity contribution in [2.75, 3.05) is 5.32 Å². The van der Waals surface area contributed by atoms with Gasteiger partial charge in [0.25, 0.3) is 0 Å². The van der Waals surface area contributed by atoms with Gasteiger partial charge in [-0.3, -0.25) is 9.69 Å². The second-order valence-electron chi connectivity index (χ2n) is 7.72. The van der Waals surface area contributed by atoms with E-state index in [0.717, 1.165) is 4.90 Å². The van der Waals surface area contributed by atoms with Gasteiger partial charge in [-0.25, -0.2) is 9.59 Å². The molecule has 2 aliphatic rings. The Labute approximate surface area is 155 Å². The quantitative estimate of drug-likeness (QED) is 0.524. The number of likely N-dealkylation sites (tertiary alicyclic amines) is 1. The Hall–Kier alpha value is -2.81. The normalized spacial score (nSPS) is 26.0.